The lowest BCUT2D eigenvalue weighted by Crippen LogP contribution is -2.28. The lowest BCUT2D eigenvalue weighted by atomic mass is 9.98. The van der Waals surface area contributed by atoms with E-state index in [4.69, 9.17) is 10.6 Å². The Kier molecular flexibility index (Phi) is 4.77. The maximum atomic E-state index is 5.74. The van der Waals surface area contributed by atoms with E-state index in [1.807, 2.05) is 0 Å². The zero-order valence-electron chi connectivity index (χ0n) is 11.8. The van der Waals surface area contributed by atoms with Crippen LogP contribution < -0.4 is 16.0 Å². The molecule has 0 saturated heterocycles. The highest BCUT2D eigenvalue weighted by Crippen LogP contribution is 2.27. The molecule has 0 saturated carbocycles. The van der Waals surface area contributed by atoms with Gasteiger partial charge in [-0.1, -0.05) is 24.3 Å². The summed E-state index contributed by atoms with van der Waals surface area (Å²) >= 11 is 2.33. The van der Waals surface area contributed by atoms with Gasteiger partial charge in [0.05, 0.1) is 6.61 Å². The average Bonchev–Trinajstić information content (AvgIpc) is 2.95. The molecule has 3 nitrogen and oxygen atoms in total. The number of rotatable bonds is 5. The van der Waals surface area contributed by atoms with Crippen LogP contribution in [0, 0.1) is 3.57 Å². The number of ether oxygens (including phenoxy) is 1. The van der Waals surface area contributed by atoms with Gasteiger partial charge < -0.3 is 4.74 Å². The van der Waals surface area contributed by atoms with Gasteiger partial charge in [-0.05, 0) is 70.3 Å². The quantitative estimate of drug-likeness (QED) is 0.465. The Labute approximate surface area is 139 Å². The fourth-order valence-electron chi connectivity index (χ4n) is 2.78. The van der Waals surface area contributed by atoms with E-state index in [0.717, 1.165) is 31.6 Å². The summed E-state index contributed by atoms with van der Waals surface area (Å²) in [6.45, 7) is 0.814. The fraction of sp³-hybridized carbons (Fsp3) is 0.294. The van der Waals surface area contributed by atoms with E-state index in [0.29, 0.717) is 0 Å². The first kappa shape index (κ1) is 14.8. The molecule has 1 aliphatic rings. The molecule has 4 heteroatoms. The molecule has 110 valence electrons. The van der Waals surface area contributed by atoms with E-state index >= 15 is 0 Å². The van der Waals surface area contributed by atoms with Gasteiger partial charge >= 0.3 is 0 Å². The van der Waals surface area contributed by atoms with Gasteiger partial charge in [0.25, 0.3) is 0 Å². The molecule has 0 radical (unpaired) electrons. The first-order valence-electron chi connectivity index (χ1n) is 7.22. The SMILES string of the molecule is NNC(CCc1ccc2c(c1)CCO2)c1cccc(I)c1. The second kappa shape index (κ2) is 6.77. The van der Waals surface area contributed by atoms with E-state index < -0.39 is 0 Å². The number of hydrazine groups is 1. The average molecular weight is 394 g/mol. The summed E-state index contributed by atoms with van der Waals surface area (Å²) in [5.41, 5.74) is 6.87. The predicted octanol–water partition coefficient (Wildman–Crippen LogP) is 3.36. The highest BCUT2D eigenvalue weighted by Gasteiger charge is 2.14. The minimum absolute atomic E-state index is 0.184. The number of hydrogen-bond donors (Lipinski definition) is 2. The van der Waals surface area contributed by atoms with Gasteiger partial charge in [-0.2, -0.15) is 0 Å². The summed E-state index contributed by atoms with van der Waals surface area (Å²) in [7, 11) is 0. The zero-order valence-corrected chi connectivity index (χ0v) is 14.0. The number of nitrogens with one attached hydrogen (secondary N) is 1. The molecular weight excluding hydrogens is 375 g/mol. The lowest BCUT2D eigenvalue weighted by molar-refractivity contribution is 0.357. The predicted molar refractivity (Wildman–Crippen MR) is 93.2 cm³/mol. The molecule has 3 N–H and O–H groups in total. The number of aryl methyl sites for hydroxylation is 1. The second-order valence-electron chi connectivity index (χ2n) is 5.35. The monoisotopic (exact) mass is 394 g/mol. The molecule has 0 fully saturated rings. The van der Waals surface area contributed by atoms with Crippen LogP contribution in [0.5, 0.6) is 5.75 Å². The molecule has 3 rings (SSSR count). The van der Waals surface area contributed by atoms with Crippen molar-refractivity contribution in [3.63, 3.8) is 0 Å². The van der Waals surface area contributed by atoms with Crippen LogP contribution in [0.4, 0.5) is 0 Å². The van der Waals surface area contributed by atoms with E-state index in [-0.39, 0.29) is 6.04 Å². The molecule has 2 aromatic rings. The van der Waals surface area contributed by atoms with Gasteiger partial charge in [-0.25, -0.2) is 0 Å². The number of nitrogens with two attached hydrogens (primary N) is 1. The summed E-state index contributed by atoms with van der Waals surface area (Å²) in [4.78, 5) is 0. The minimum Gasteiger partial charge on any atom is -0.493 e. The van der Waals surface area contributed by atoms with Crippen molar-refractivity contribution in [3.05, 3.63) is 62.7 Å². The zero-order chi connectivity index (χ0) is 14.7. The molecular formula is C17H19IN2O. The first-order valence-corrected chi connectivity index (χ1v) is 8.30. The summed E-state index contributed by atoms with van der Waals surface area (Å²) in [5, 5.41) is 0. The summed E-state index contributed by atoms with van der Waals surface area (Å²) in [6.07, 6.45) is 3.02. The van der Waals surface area contributed by atoms with Gasteiger partial charge in [0.1, 0.15) is 5.75 Å². The van der Waals surface area contributed by atoms with E-state index in [1.165, 1.54) is 20.3 Å². The van der Waals surface area contributed by atoms with Gasteiger partial charge in [-0.15, -0.1) is 0 Å². The van der Waals surface area contributed by atoms with Crippen LogP contribution in [0.25, 0.3) is 0 Å². The number of fused-ring (bicyclic) bond motifs is 1. The Balaban J connectivity index is 1.68. The van der Waals surface area contributed by atoms with Crippen LogP contribution in [0.3, 0.4) is 0 Å². The molecule has 0 aromatic heterocycles. The third-order valence-corrected chi connectivity index (χ3v) is 4.60. The van der Waals surface area contributed by atoms with Crippen molar-refractivity contribution in [2.24, 2.45) is 5.84 Å². The molecule has 2 aromatic carbocycles. The summed E-state index contributed by atoms with van der Waals surface area (Å²) in [6, 6.07) is 15.2. The summed E-state index contributed by atoms with van der Waals surface area (Å²) < 4.78 is 6.79. The number of hydrogen-bond acceptors (Lipinski definition) is 3. The van der Waals surface area contributed by atoms with Gasteiger partial charge in [-0.3, -0.25) is 11.3 Å². The lowest BCUT2D eigenvalue weighted by Gasteiger charge is -2.17. The Morgan fingerprint density at radius 3 is 2.95 bits per heavy atom. The highest BCUT2D eigenvalue weighted by atomic mass is 127. The van der Waals surface area contributed by atoms with E-state index in [9.17, 15) is 0 Å². The molecule has 21 heavy (non-hydrogen) atoms. The normalized spacial score (nSPS) is 14.6. The van der Waals surface area contributed by atoms with Crippen molar-refractivity contribution < 1.29 is 4.74 Å². The van der Waals surface area contributed by atoms with Crippen LogP contribution in [0.2, 0.25) is 0 Å². The van der Waals surface area contributed by atoms with Crippen LogP contribution in [0.15, 0.2) is 42.5 Å². The molecule has 1 atom stereocenters. The first-order chi connectivity index (χ1) is 10.3. The standard InChI is InChI=1S/C17H19IN2O/c18-15-3-1-2-13(11-15)16(20-19)6-4-12-5-7-17-14(10-12)8-9-21-17/h1-3,5,7,10-11,16,20H,4,6,8-9,19H2. The molecule has 0 spiro atoms. The van der Waals surface area contributed by atoms with Crippen LogP contribution >= 0.6 is 22.6 Å². The largest absolute Gasteiger partial charge is 0.493 e. The summed E-state index contributed by atoms with van der Waals surface area (Å²) in [5.74, 6) is 6.78. The minimum atomic E-state index is 0.184. The van der Waals surface area contributed by atoms with E-state index in [2.05, 4.69) is 70.5 Å². The van der Waals surface area contributed by atoms with Crippen LogP contribution in [-0.2, 0) is 12.8 Å². The third-order valence-electron chi connectivity index (χ3n) is 3.93. The van der Waals surface area contributed by atoms with Crippen LogP contribution in [0.1, 0.15) is 29.2 Å². The van der Waals surface area contributed by atoms with Crippen molar-refractivity contribution in [2.45, 2.75) is 25.3 Å². The Morgan fingerprint density at radius 1 is 1.24 bits per heavy atom. The van der Waals surface area contributed by atoms with Gasteiger partial charge in [0.15, 0.2) is 0 Å². The topological polar surface area (TPSA) is 47.3 Å². The van der Waals surface area contributed by atoms with Crippen molar-refractivity contribution in [1.29, 1.82) is 0 Å². The van der Waals surface area contributed by atoms with Gasteiger partial charge in [0, 0.05) is 16.0 Å². The fourth-order valence-corrected chi connectivity index (χ4v) is 3.34. The van der Waals surface area contributed by atoms with E-state index in [1.54, 1.807) is 0 Å². The maximum absolute atomic E-state index is 5.74. The number of benzene rings is 2. The smallest absolute Gasteiger partial charge is 0.122 e. The Bertz CT molecular complexity index is 630. The van der Waals surface area contributed by atoms with Crippen molar-refractivity contribution in [1.82, 2.24) is 5.43 Å². The van der Waals surface area contributed by atoms with Crippen LogP contribution in [-0.4, -0.2) is 6.61 Å². The Hall–Kier alpha value is -1.11. The van der Waals surface area contributed by atoms with Crippen molar-refractivity contribution in [3.8, 4) is 5.75 Å². The third kappa shape index (κ3) is 3.56. The Morgan fingerprint density at radius 2 is 2.14 bits per heavy atom. The molecule has 1 heterocycles. The number of halogens is 1. The molecule has 0 aliphatic carbocycles. The molecule has 1 unspecified atom stereocenters. The molecule has 0 bridgehead atoms. The van der Waals surface area contributed by atoms with Crippen molar-refractivity contribution in [2.75, 3.05) is 6.61 Å². The van der Waals surface area contributed by atoms with Gasteiger partial charge in [0.2, 0.25) is 0 Å². The molecule has 0 amide bonds. The molecule has 1 aliphatic heterocycles. The highest BCUT2D eigenvalue weighted by molar-refractivity contribution is 14.1. The van der Waals surface area contributed by atoms with Crippen molar-refractivity contribution >= 4 is 22.6 Å². The maximum Gasteiger partial charge on any atom is 0.122 e. The second-order valence-corrected chi connectivity index (χ2v) is 6.60.